The van der Waals surface area contributed by atoms with Gasteiger partial charge in [0.25, 0.3) is 0 Å². The Morgan fingerprint density at radius 1 is 0.884 bits per heavy atom. The van der Waals surface area contributed by atoms with E-state index < -0.39 is 34.5 Å². The van der Waals surface area contributed by atoms with Gasteiger partial charge in [-0.3, -0.25) is 19.2 Å². The third-order valence-corrected chi connectivity index (χ3v) is 13.5. The average molecular weight is 599 g/mol. The van der Waals surface area contributed by atoms with Crippen LogP contribution in [0.1, 0.15) is 131 Å². The van der Waals surface area contributed by atoms with E-state index in [2.05, 4.69) is 13.8 Å². The molecule has 8 aliphatic carbocycles. The summed E-state index contributed by atoms with van der Waals surface area (Å²) in [7, 11) is 0. The minimum atomic E-state index is -1.14. The first-order chi connectivity index (χ1) is 20.0. The van der Waals surface area contributed by atoms with Crippen molar-refractivity contribution >= 4 is 23.5 Å². The second-order valence-corrected chi connectivity index (χ2v) is 17.8. The Bertz CT molecular complexity index is 1150. The van der Waals surface area contributed by atoms with E-state index in [0.717, 1.165) is 51.4 Å². The van der Waals surface area contributed by atoms with E-state index in [1.165, 1.54) is 6.42 Å². The van der Waals surface area contributed by atoms with Crippen molar-refractivity contribution in [2.45, 2.75) is 142 Å². The predicted octanol–water partition coefficient (Wildman–Crippen LogP) is 6.53. The smallest absolute Gasteiger partial charge is 0.309 e. The second-order valence-electron chi connectivity index (χ2n) is 17.8. The fourth-order valence-corrected chi connectivity index (χ4v) is 11.7. The molecule has 0 aromatic carbocycles. The van der Waals surface area contributed by atoms with Gasteiger partial charge in [-0.2, -0.15) is 0 Å². The first-order valence-electron chi connectivity index (χ1n) is 17.2. The van der Waals surface area contributed by atoms with Gasteiger partial charge in [0.05, 0.1) is 16.9 Å². The van der Waals surface area contributed by atoms with E-state index in [-0.39, 0.29) is 47.2 Å². The Balaban J connectivity index is 1.18. The molecule has 6 atom stereocenters. The van der Waals surface area contributed by atoms with Gasteiger partial charge >= 0.3 is 11.9 Å². The molecular formula is C36H54O7. The van der Waals surface area contributed by atoms with Crippen LogP contribution in [-0.4, -0.2) is 44.9 Å². The summed E-state index contributed by atoms with van der Waals surface area (Å²) in [5.41, 5.74) is -2.67. The fraction of sp³-hybridized carbons (Fsp3) is 0.889. The van der Waals surface area contributed by atoms with Crippen LogP contribution in [0.2, 0.25) is 0 Å². The number of carboxylic acid groups (broad SMARTS) is 1. The van der Waals surface area contributed by atoms with Gasteiger partial charge in [-0.15, -0.1) is 0 Å². The average Bonchev–Trinajstić information content (AvgIpc) is 2.86. The summed E-state index contributed by atoms with van der Waals surface area (Å²) in [5, 5.41) is 21.3. The molecule has 0 spiro atoms. The van der Waals surface area contributed by atoms with E-state index in [0.29, 0.717) is 49.2 Å². The number of aliphatic carboxylic acids is 1. The molecule has 0 amide bonds. The van der Waals surface area contributed by atoms with E-state index >= 15 is 0 Å². The van der Waals surface area contributed by atoms with Crippen LogP contribution >= 0.6 is 0 Å². The Morgan fingerprint density at radius 2 is 1.49 bits per heavy atom. The molecule has 8 fully saturated rings. The number of hydrogen-bond acceptors (Lipinski definition) is 6. The summed E-state index contributed by atoms with van der Waals surface area (Å²) in [6.45, 7) is 9.69. The van der Waals surface area contributed by atoms with Crippen LogP contribution < -0.4 is 0 Å². The highest BCUT2D eigenvalue weighted by molar-refractivity contribution is 5.86. The minimum Gasteiger partial charge on any atom is -0.481 e. The molecule has 8 aliphatic rings. The van der Waals surface area contributed by atoms with Crippen LogP contribution in [0.5, 0.6) is 0 Å². The zero-order chi connectivity index (χ0) is 31.2. The third-order valence-electron chi connectivity index (χ3n) is 13.5. The lowest BCUT2D eigenvalue weighted by Gasteiger charge is -2.65. The van der Waals surface area contributed by atoms with Gasteiger partial charge in [0, 0.05) is 24.2 Å². The van der Waals surface area contributed by atoms with Crippen molar-refractivity contribution in [3.05, 3.63) is 0 Å². The molecule has 8 rings (SSSR count). The van der Waals surface area contributed by atoms with Gasteiger partial charge < -0.3 is 14.9 Å². The molecule has 8 saturated carbocycles. The molecule has 0 aromatic heterocycles. The number of esters is 1. The molecule has 2 N–H and O–H groups in total. The second kappa shape index (κ2) is 10.4. The summed E-state index contributed by atoms with van der Waals surface area (Å²) < 4.78 is 6.37. The number of carbonyl (C=O) groups excluding carboxylic acids is 3. The standard InChI is InChI=1S/C36H54O7/c1-6-24(28(37)19-33(4,5)34-11-22-7-23(12-34)14-35(42,13-22)20-34)10-27(16-32(2,3)31(40)41)30(39)43-36-15-21-8-25(17-36)29(38)26(9-21)18-36/h21-27,42H,6-20H2,1-5H3,(H,40,41). The molecular weight excluding hydrogens is 544 g/mol. The fourth-order valence-electron chi connectivity index (χ4n) is 11.7. The van der Waals surface area contributed by atoms with Crippen LogP contribution in [0.25, 0.3) is 0 Å². The summed E-state index contributed by atoms with van der Waals surface area (Å²) in [6.07, 6.45) is 11.1. The molecule has 8 bridgehead atoms. The SMILES string of the molecule is CCC(CC(CC(C)(C)C(=O)O)C(=O)OC12CC3CC(C1)C(=O)C(C3)C2)C(=O)CC(C)(C)C12CC3CC(CC(O)(C3)C1)C2. The van der Waals surface area contributed by atoms with Crippen LogP contribution in [0.4, 0.5) is 0 Å². The van der Waals surface area contributed by atoms with E-state index in [1.54, 1.807) is 13.8 Å². The number of carboxylic acids is 1. The van der Waals surface area contributed by atoms with Gasteiger partial charge in [0.1, 0.15) is 17.2 Å². The highest BCUT2D eigenvalue weighted by Gasteiger charge is 2.62. The molecule has 43 heavy (non-hydrogen) atoms. The monoisotopic (exact) mass is 598 g/mol. The number of hydrogen-bond donors (Lipinski definition) is 2. The van der Waals surface area contributed by atoms with E-state index in [1.807, 2.05) is 6.92 Å². The van der Waals surface area contributed by atoms with E-state index in [4.69, 9.17) is 4.74 Å². The van der Waals surface area contributed by atoms with Crippen molar-refractivity contribution < 1.29 is 34.1 Å². The summed E-state index contributed by atoms with van der Waals surface area (Å²) >= 11 is 0. The lowest BCUT2D eigenvalue weighted by molar-refractivity contribution is -0.201. The molecule has 7 heteroatoms. The topological polar surface area (TPSA) is 118 Å². The highest BCUT2D eigenvalue weighted by Crippen LogP contribution is 2.68. The summed E-state index contributed by atoms with van der Waals surface area (Å²) in [5.74, 6) is -0.512. The zero-order valence-corrected chi connectivity index (χ0v) is 27.1. The number of aliphatic hydroxyl groups is 1. The highest BCUT2D eigenvalue weighted by atomic mass is 16.6. The maximum atomic E-state index is 14.1. The molecule has 0 saturated heterocycles. The molecule has 240 valence electrons. The largest absolute Gasteiger partial charge is 0.481 e. The molecule has 7 nitrogen and oxygen atoms in total. The first kappa shape index (κ1) is 31.2. The zero-order valence-electron chi connectivity index (χ0n) is 27.1. The van der Waals surface area contributed by atoms with Crippen molar-refractivity contribution in [3.63, 3.8) is 0 Å². The van der Waals surface area contributed by atoms with Crippen molar-refractivity contribution in [2.75, 3.05) is 0 Å². The van der Waals surface area contributed by atoms with Crippen molar-refractivity contribution in [2.24, 2.45) is 57.7 Å². The maximum absolute atomic E-state index is 14.1. The Kier molecular flexibility index (Phi) is 7.54. The van der Waals surface area contributed by atoms with Crippen LogP contribution in [0, 0.1) is 57.7 Å². The van der Waals surface area contributed by atoms with Crippen LogP contribution in [-0.2, 0) is 23.9 Å². The molecule has 0 radical (unpaired) electrons. The van der Waals surface area contributed by atoms with Gasteiger partial charge in [0.2, 0.25) is 0 Å². The number of rotatable bonds is 12. The molecule has 0 heterocycles. The Morgan fingerprint density at radius 3 is 2.02 bits per heavy atom. The normalized spacial score (nSPS) is 40.9. The first-order valence-corrected chi connectivity index (χ1v) is 17.2. The van der Waals surface area contributed by atoms with E-state index in [9.17, 15) is 29.4 Å². The van der Waals surface area contributed by atoms with Crippen LogP contribution in [0.3, 0.4) is 0 Å². The van der Waals surface area contributed by atoms with Crippen molar-refractivity contribution in [1.82, 2.24) is 0 Å². The van der Waals surface area contributed by atoms with Crippen molar-refractivity contribution in [3.8, 4) is 0 Å². The minimum absolute atomic E-state index is 0.0252. The van der Waals surface area contributed by atoms with Crippen LogP contribution in [0.15, 0.2) is 0 Å². The Labute approximate surface area is 257 Å². The quantitative estimate of drug-likeness (QED) is 0.245. The van der Waals surface area contributed by atoms with Gasteiger partial charge in [0.15, 0.2) is 0 Å². The van der Waals surface area contributed by atoms with Crippen molar-refractivity contribution in [1.29, 1.82) is 0 Å². The number of ketones is 2. The third kappa shape index (κ3) is 5.52. The van der Waals surface area contributed by atoms with Gasteiger partial charge in [-0.25, -0.2) is 0 Å². The summed E-state index contributed by atoms with van der Waals surface area (Å²) in [6, 6.07) is 0. The Hall–Kier alpha value is -1.76. The summed E-state index contributed by atoms with van der Waals surface area (Å²) in [4.78, 5) is 53.0. The lowest BCUT2D eigenvalue weighted by atomic mass is 9.41. The lowest BCUT2D eigenvalue weighted by Crippen LogP contribution is -2.60. The maximum Gasteiger partial charge on any atom is 0.309 e. The predicted molar refractivity (Wildman–Crippen MR) is 161 cm³/mol. The molecule has 6 unspecified atom stereocenters. The number of ether oxygens (including phenoxy) is 1. The number of Topliss-reactive ketones (excluding diaryl/α,β-unsaturated/α-hetero) is 2. The van der Waals surface area contributed by atoms with Gasteiger partial charge in [-0.05, 0) is 132 Å². The van der Waals surface area contributed by atoms with Gasteiger partial charge in [-0.1, -0.05) is 20.8 Å². The molecule has 0 aliphatic heterocycles. The number of carbonyl (C=O) groups is 4. The molecule has 0 aromatic rings.